The lowest BCUT2D eigenvalue weighted by Crippen LogP contribution is -2.42. The Kier molecular flexibility index (Phi) is 4.80. The van der Waals surface area contributed by atoms with E-state index >= 15 is 0 Å². The Morgan fingerprint density at radius 3 is 2.73 bits per heavy atom. The molecule has 0 aromatic carbocycles. The van der Waals surface area contributed by atoms with Crippen LogP contribution in [-0.4, -0.2) is 39.9 Å². The molecule has 1 spiro atoms. The van der Waals surface area contributed by atoms with Crippen LogP contribution in [0.4, 0.5) is 5.82 Å². The number of rotatable bonds is 4. The Morgan fingerprint density at radius 1 is 1.23 bits per heavy atom. The minimum absolute atomic E-state index is 0.232. The quantitative estimate of drug-likeness (QED) is 0.899. The predicted octanol–water partition coefficient (Wildman–Crippen LogP) is 3.11. The van der Waals surface area contributed by atoms with Gasteiger partial charge in [0.05, 0.1) is 12.4 Å². The summed E-state index contributed by atoms with van der Waals surface area (Å²) in [6.07, 6.45) is 13.3. The molecule has 3 fully saturated rings. The predicted molar refractivity (Wildman–Crippen MR) is 98.2 cm³/mol. The number of hydrogen-bond acceptors (Lipinski definition) is 5. The second-order valence-corrected chi connectivity index (χ2v) is 8.28. The van der Waals surface area contributed by atoms with E-state index in [1.54, 1.807) is 6.20 Å². The summed E-state index contributed by atoms with van der Waals surface area (Å²) in [5.74, 6) is 1.29. The molecular weight excluding hydrogens is 326 g/mol. The van der Waals surface area contributed by atoms with Crippen LogP contribution in [0.3, 0.4) is 0 Å². The van der Waals surface area contributed by atoms with Gasteiger partial charge >= 0.3 is 0 Å². The molecule has 4 rings (SSSR count). The van der Waals surface area contributed by atoms with Crippen LogP contribution in [0.5, 0.6) is 0 Å². The van der Waals surface area contributed by atoms with Crippen molar-refractivity contribution in [2.45, 2.75) is 63.8 Å². The number of aromatic nitrogens is 2. The van der Waals surface area contributed by atoms with E-state index in [1.165, 1.54) is 44.7 Å². The van der Waals surface area contributed by atoms with E-state index < -0.39 is 0 Å². The highest BCUT2D eigenvalue weighted by Gasteiger charge is 2.45. The highest BCUT2D eigenvalue weighted by molar-refractivity contribution is 5.76. The van der Waals surface area contributed by atoms with Crippen molar-refractivity contribution in [3.63, 3.8) is 0 Å². The number of amides is 1. The molecule has 6 heteroatoms. The number of likely N-dealkylation sites (tertiary alicyclic amines) is 1. The summed E-state index contributed by atoms with van der Waals surface area (Å²) in [7, 11) is 0. The number of carbonyl (C=O) groups is 1. The van der Waals surface area contributed by atoms with Gasteiger partial charge in [0, 0.05) is 25.6 Å². The maximum absolute atomic E-state index is 12.8. The van der Waals surface area contributed by atoms with E-state index in [4.69, 9.17) is 5.26 Å². The summed E-state index contributed by atoms with van der Waals surface area (Å²) in [5.41, 5.74) is 0.927. The van der Waals surface area contributed by atoms with Gasteiger partial charge in [-0.3, -0.25) is 9.78 Å². The largest absolute Gasteiger partial charge is 0.366 e. The standard InChI is InChI=1S/C20H27N5O/c21-12-16-13-22-14-18(23-16)24-17-4-2-1-3-15(17)11-19(26)25-9-7-20(5-6-20)8-10-25/h13-15,17H,1-11H2,(H,23,24)/t15-,17-/m0/s1. The van der Waals surface area contributed by atoms with Crippen molar-refractivity contribution in [2.24, 2.45) is 11.3 Å². The third-order valence-electron chi connectivity index (χ3n) is 6.56. The van der Waals surface area contributed by atoms with E-state index in [1.807, 2.05) is 6.07 Å². The van der Waals surface area contributed by atoms with Crippen LogP contribution in [0.2, 0.25) is 0 Å². The van der Waals surface area contributed by atoms with Gasteiger partial charge in [-0.2, -0.15) is 5.26 Å². The van der Waals surface area contributed by atoms with Gasteiger partial charge < -0.3 is 10.2 Å². The normalized spacial score (nSPS) is 27.0. The summed E-state index contributed by atoms with van der Waals surface area (Å²) < 4.78 is 0. The first-order chi connectivity index (χ1) is 12.7. The Balaban J connectivity index is 1.36. The van der Waals surface area contributed by atoms with Crippen LogP contribution in [0.15, 0.2) is 12.4 Å². The number of nitrogens with zero attached hydrogens (tertiary/aromatic N) is 4. The zero-order valence-electron chi connectivity index (χ0n) is 15.3. The molecule has 0 unspecified atom stereocenters. The maximum Gasteiger partial charge on any atom is 0.222 e. The Hall–Kier alpha value is -2.16. The van der Waals surface area contributed by atoms with Crippen molar-refractivity contribution in [1.29, 1.82) is 5.26 Å². The molecule has 0 radical (unpaired) electrons. The van der Waals surface area contributed by atoms with Gasteiger partial charge in [-0.15, -0.1) is 0 Å². The van der Waals surface area contributed by atoms with E-state index in [0.29, 0.717) is 35.2 Å². The maximum atomic E-state index is 12.8. The third-order valence-corrected chi connectivity index (χ3v) is 6.56. The van der Waals surface area contributed by atoms with Gasteiger partial charge in [-0.25, -0.2) is 4.98 Å². The Labute approximate surface area is 155 Å². The van der Waals surface area contributed by atoms with Crippen molar-refractivity contribution < 1.29 is 4.79 Å². The van der Waals surface area contributed by atoms with Crippen LogP contribution in [0.1, 0.15) is 63.5 Å². The van der Waals surface area contributed by atoms with Crippen LogP contribution < -0.4 is 5.32 Å². The van der Waals surface area contributed by atoms with Crippen molar-refractivity contribution in [1.82, 2.24) is 14.9 Å². The van der Waals surface area contributed by atoms with Crippen LogP contribution >= 0.6 is 0 Å². The average Bonchev–Trinajstić information content (AvgIpc) is 3.43. The van der Waals surface area contributed by atoms with Gasteiger partial charge in [-0.1, -0.05) is 12.8 Å². The SMILES string of the molecule is N#Cc1cncc(N[C@H]2CCCC[C@H]2CC(=O)N2CCC3(CC2)CC3)n1. The zero-order chi connectivity index (χ0) is 18.0. The summed E-state index contributed by atoms with van der Waals surface area (Å²) >= 11 is 0. The first-order valence-electron chi connectivity index (χ1n) is 9.94. The summed E-state index contributed by atoms with van der Waals surface area (Å²) in [6, 6.07) is 2.26. The van der Waals surface area contributed by atoms with Crippen molar-refractivity contribution in [3.8, 4) is 6.07 Å². The lowest BCUT2D eigenvalue weighted by Gasteiger charge is -2.36. The van der Waals surface area contributed by atoms with Crippen LogP contribution in [0, 0.1) is 22.7 Å². The second-order valence-electron chi connectivity index (χ2n) is 8.28. The molecule has 1 aliphatic heterocycles. The average molecular weight is 353 g/mol. The van der Waals surface area contributed by atoms with Crippen molar-refractivity contribution in [3.05, 3.63) is 18.1 Å². The van der Waals surface area contributed by atoms with E-state index in [0.717, 1.165) is 25.9 Å². The van der Waals surface area contributed by atoms with Crippen LogP contribution in [-0.2, 0) is 4.79 Å². The molecule has 26 heavy (non-hydrogen) atoms. The third kappa shape index (κ3) is 3.82. The van der Waals surface area contributed by atoms with Gasteiger partial charge in [0.1, 0.15) is 11.9 Å². The fourth-order valence-electron chi connectivity index (χ4n) is 4.58. The lowest BCUT2D eigenvalue weighted by atomic mass is 9.82. The fourth-order valence-corrected chi connectivity index (χ4v) is 4.58. The molecule has 2 saturated carbocycles. The first-order valence-corrected chi connectivity index (χ1v) is 9.94. The Morgan fingerprint density at radius 2 is 2.00 bits per heavy atom. The van der Waals surface area contributed by atoms with E-state index in [2.05, 4.69) is 20.2 Å². The number of piperidine rings is 1. The van der Waals surface area contributed by atoms with Gasteiger partial charge in [-0.05, 0) is 49.9 Å². The zero-order valence-corrected chi connectivity index (χ0v) is 15.3. The minimum Gasteiger partial charge on any atom is -0.366 e. The topological polar surface area (TPSA) is 81.9 Å². The lowest BCUT2D eigenvalue weighted by molar-refractivity contribution is -0.134. The fraction of sp³-hybridized carbons (Fsp3) is 0.700. The molecule has 1 aromatic heterocycles. The molecule has 2 heterocycles. The molecule has 6 nitrogen and oxygen atoms in total. The molecule has 138 valence electrons. The summed E-state index contributed by atoms with van der Waals surface area (Å²) in [4.78, 5) is 23.3. The van der Waals surface area contributed by atoms with Crippen LogP contribution in [0.25, 0.3) is 0 Å². The molecule has 3 aliphatic rings. The molecule has 2 atom stereocenters. The molecule has 1 N–H and O–H groups in total. The highest BCUT2D eigenvalue weighted by atomic mass is 16.2. The minimum atomic E-state index is 0.232. The number of anilines is 1. The smallest absolute Gasteiger partial charge is 0.222 e. The molecule has 1 saturated heterocycles. The molecular formula is C20H27N5O. The molecule has 1 amide bonds. The number of nitriles is 1. The second kappa shape index (κ2) is 7.22. The monoisotopic (exact) mass is 353 g/mol. The van der Waals surface area contributed by atoms with Crippen molar-refractivity contribution >= 4 is 11.7 Å². The highest BCUT2D eigenvalue weighted by Crippen LogP contribution is 2.53. The molecule has 1 aromatic rings. The first kappa shape index (κ1) is 17.3. The summed E-state index contributed by atoms with van der Waals surface area (Å²) in [5, 5.41) is 12.4. The van der Waals surface area contributed by atoms with Crippen molar-refractivity contribution in [2.75, 3.05) is 18.4 Å². The Bertz CT molecular complexity index is 698. The van der Waals surface area contributed by atoms with Gasteiger partial charge in [0.25, 0.3) is 0 Å². The van der Waals surface area contributed by atoms with Gasteiger partial charge in [0.2, 0.25) is 5.91 Å². The van der Waals surface area contributed by atoms with E-state index in [9.17, 15) is 4.79 Å². The molecule has 2 aliphatic carbocycles. The summed E-state index contributed by atoms with van der Waals surface area (Å²) in [6.45, 7) is 1.89. The van der Waals surface area contributed by atoms with E-state index in [-0.39, 0.29) is 6.04 Å². The number of nitrogens with one attached hydrogen (secondary N) is 1. The number of hydrogen-bond donors (Lipinski definition) is 1. The molecule has 0 bridgehead atoms. The number of carbonyl (C=O) groups excluding carboxylic acids is 1. The van der Waals surface area contributed by atoms with Gasteiger partial charge in [0.15, 0.2) is 5.69 Å².